The molecule has 3 nitrogen and oxygen atoms in total. The Morgan fingerprint density at radius 3 is 2.64 bits per heavy atom. The molecule has 0 aromatic heterocycles. The van der Waals surface area contributed by atoms with Gasteiger partial charge in [-0.25, -0.2) is 0 Å². The third kappa shape index (κ3) is 6.27. The summed E-state index contributed by atoms with van der Waals surface area (Å²) in [5.74, 6) is 1.21. The molecule has 3 N–H and O–H groups in total. The molecule has 0 heterocycles. The Kier molecular flexibility index (Phi) is 7.99. The Morgan fingerprint density at radius 2 is 2.14 bits per heavy atom. The number of hydrogen-bond donors (Lipinski definition) is 2. The second-order valence-electron chi connectivity index (χ2n) is 3.70. The van der Waals surface area contributed by atoms with Gasteiger partial charge in [0.05, 0.1) is 0 Å². The molecule has 0 aromatic rings. The zero-order chi connectivity index (χ0) is 11.0. The molecule has 0 aliphatic carbocycles. The molecule has 0 saturated heterocycles. The highest BCUT2D eigenvalue weighted by molar-refractivity contribution is 7.98. The summed E-state index contributed by atoms with van der Waals surface area (Å²) >= 11 is 1.75. The highest BCUT2D eigenvalue weighted by Crippen LogP contribution is 2.05. The molecule has 0 fully saturated rings. The predicted molar refractivity (Wildman–Crippen MR) is 63.4 cm³/mol. The van der Waals surface area contributed by atoms with Crippen LogP contribution in [0, 0.1) is 5.92 Å². The van der Waals surface area contributed by atoms with E-state index in [0.29, 0.717) is 6.54 Å². The number of nitrogens with two attached hydrogens (primary N) is 1. The van der Waals surface area contributed by atoms with E-state index in [4.69, 9.17) is 5.73 Å². The number of amides is 1. The van der Waals surface area contributed by atoms with Gasteiger partial charge in [0.2, 0.25) is 5.91 Å². The van der Waals surface area contributed by atoms with E-state index in [-0.39, 0.29) is 17.9 Å². The number of carbonyl (C=O) groups is 1. The molecule has 0 aromatic carbocycles. The van der Waals surface area contributed by atoms with Gasteiger partial charge in [0.15, 0.2) is 0 Å². The Hall–Kier alpha value is -0.220. The van der Waals surface area contributed by atoms with Gasteiger partial charge in [-0.1, -0.05) is 6.92 Å². The van der Waals surface area contributed by atoms with E-state index in [9.17, 15) is 4.79 Å². The van der Waals surface area contributed by atoms with E-state index in [0.717, 1.165) is 18.6 Å². The van der Waals surface area contributed by atoms with Crippen molar-refractivity contribution < 1.29 is 4.79 Å². The van der Waals surface area contributed by atoms with Crippen LogP contribution in [0.1, 0.15) is 26.7 Å². The molecule has 0 spiro atoms. The molecule has 0 rings (SSSR count). The Bertz CT molecular complexity index is 164. The van der Waals surface area contributed by atoms with Crippen molar-refractivity contribution in [1.29, 1.82) is 0 Å². The van der Waals surface area contributed by atoms with E-state index in [1.54, 1.807) is 11.8 Å². The fraction of sp³-hybridized carbons (Fsp3) is 0.900. The molecular formula is C10H22N2OS. The summed E-state index contributed by atoms with van der Waals surface area (Å²) in [6.45, 7) is 4.65. The standard InChI is InChI=1S/C10H22N2OS/c1-8(5-4-6-11)10(13)12-9(2)7-14-3/h8-9H,4-7,11H2,1-3H3,(H,12,13). The fourth-order valence-electron chi connectivity index (χ4n) is 1.23. The first kappa shape index (κ1) is 13.8. The number of carbonyl (C=O) groups excluding carboxylic acids is 1. The van der Waals surface area contributed by atoms with Crippen LogP contribution in [0.3, 0.4) is 0 Å². The molecule has 2 atom stereocenters. The summed E-state index contributed by atoms with van der Waals surface area (Å²) in [4.78, 5) is 11.6. The summed E-state index contributed by atoms with van der Waals surface area (Å²) < 4.78 is 0. The quantitative estimate of drug-likeness (QED) is 0.676. The summed E-state index contributed by atoms with van der Waals surface area (Å²) in [6, 6.07) is 0.262. The van der Waals surface area contributed by atoms with E-state index in [2.05, 4.69) is 5.32 Å². The molecule has 1 amide bonds. The van der Waals surface area contributed by atoms with Crippen LogP contribution in [0.4, 0.5) is 0 Å². The second kappa shape index (κ2) is 8.12. The van der Waals surface area contributed by atoms with Crippen LogP contribution in [0.5, 0.6) is 0 Å². The second-order valence-corrected chi connectivity index (χ2v) is 4.61. The van der Waals surface area contributed by atoms with Crippen LogP contribution >= 0.6 is 11.8 Å². The smallest absolute Gasteiger partial charge is 0.223 e. The molecule has 4 heteroatoms. The minimum Gasteiger partial charge on any atom is -0.353 e. The van der Waals surface area contributed by atoms with E-state index in [1.807, 2.05) is 20.1 Å². The average Bonchev–Trinajstić information content (AvgIpc) is 2.14. The maximum absolute atomic E-state index is 11.6. The van der Waals surface area contributed by atoms with E-state index >= 15 is 0 Å². The van der Waals surface area contributed by atoms with Crippen molar-refractivity contribution in [3.05, 3.63) is 0 Å². The van der Waals surface area contributed by atoms with Gasteiger partial charge >= 0.3 is 0 Å². The first-order valence-electron chi connectivity index (χ1n) is 5.11. The van der Waals surface area contributed by atoms with Crippen molar-refractivity contribution >= 4 is 17.7 Å². The molecule has 0 saturated carbocycles. The Balaban J connectivity index is 3.71. The van der Waals surface area contributed by atoms with Crippen molar-refractivity contribution in [2.75, 3.05) is 18.6 Å². The maximum Gasteiger partial charge on any atom is 0.223 e. The van der Waals surface area contributed by atoms with Crippen molar-refractivity contribution in [3.8, 4) is 0 Å². The lowest BCUT2D eigenvalue weighted by Crippen LogP contribution is -2.37. The van der Waals surface area contributed by atoms with Crippen LogP contribution in [-0.2, 0) is 4.79 Å². The topological polar surface area (TPSA) is 55.1 Å². The fourth-order valence-corrected chi connectivity index (χ4v) is 1.82. The first-order chi connectivity index (χ1) is 6.61. The SMILES string of the molecule is CSCC(C)NC(=O)C(C)CCCN. The summed E-state index contributed by atoms with van der Waals surface area (Å²) in [7, 11) is 0. The van der Waals surface area contributed by atoms with Gasteiger partial charge in [-0.3, -0.25) is 4.79 Å². The zero-order valence-electron chi connectivity index (χ0n) is 9.38. The Labute approximate surface area is 91.2 Å². The Morgan fingerprint density at radius 1 is 1.50 bits per heavy atom. The van der Waals surface area contributed by atoms with Crippen LogP contribution in [0.15, 0.2) is 0 Å². The highest BCUT2D eigenvalue weighted by Gasteiger charge is 2.13. The maximum atomic E-state index is 11.6. The lowest BCUT2D eigenvalue weighted by molar-refractivity contribution is -0.125. The first-order valence-corrected chi connectivity index (χ1v) is 6.50. The van der Waals surface area contributed by atoms with Gasteiger partial charge in [-0.05, 0) is 32.6 Å². The summed E-state index contributed by atoms with van der Waals surface area (Å²) in [5, 5.41) is 2.99. The third-order valence-electron chi connectivity index (χ3n) is 2.09. The van der Waals surface area contributed by atoms with Crippen molar-refractivity contribution in [2.45, 2.75) is 32.7 Å². The van der Waals surface area contributed by atoms with Crippen molar-refractivity contribution in [2.24, 2.45) is 11.7 Å². The van der Waals surface area contributed by atoms with Gasteiger partial charge in [-0.15, -0.1) is 0 Å². The largest absolute Gasteiger partial charge is 0.353 e. The van der Waals surface area contributed by atoms with Crippen molar-refractivity contribution in [3.63, 3.8) is 0 Å². The number of rotatable bonds is 7. The minimum absolute atomic E-state index is 0.0860. The predicted octanol–water partition coefficient (Wildman–Crippen LogP) is 1.23. The third-order valence-corrected chi connectivity index (χ3v) is 2.93. The van der Waals surface area contributed by atoms with E-state index < -0.39 is 0 Å². The van der Waals surface area contributed by atoms with Crippen LogP contribution in [0.2, 0.25) is 0 Å². The molecular weight excluding hydrogens is 196 g/mol. The molecule has 0 aliphatic rings. The van der Waals surface area contributed by atoms with E-state index in [1.165, 1.54) is 0 Å². The van der Waals surface area contributed by atoms with Gasteiger partial charge in [0, 0.05) is 17.7 Å². The molecule has 2 unspecified atom stereocenters. The summed E-state index contributed by atoms with van der Waals surface area (Å²) in [6.07, 6.45) is 3.85. The number of nitrogens with one attached hydrogen (secondary N) is 1. The van der Waals surface area contributed by atoms with Crippen molar-refractivity contribution in [1.82, 2.24) is 5.32 Å². The number of hydrogen-bond acceptors (Lipinski definition) is 3. The normalized spacial score (nSPS) is 14.9. The minimum atomic E-state index is 0.0860. The van der Waals surface area contributed by atoms with Gasteiger partial charge in [0.1, 0.15) is 0 Å². The van der Waals surface area contributed by atoms with Crippen LogP contribution in [-0.4, -0.2) is 30.5 Å². The lowest BCUT2D eigenvalue weighted by Gasteiger charge is -2.16. The molecule has 0 radical (unpaired) electrons. The summed E-state index contributed by atoms with van der Waals surface area (Å²) in [5.41, 5.74) is 5.39. The molecule has 84 valence electrons. The average molecular weight is 218 g/mol. The zero-order valence-corrected chi connectivity index (χ0v) is 10.2. The molecule has 14 heavy (non-hydrogen) atoms. The van der Waals surface area contributed by atoms with Gasteiger partial charge < -0.3 is 11.1 Å². The molecule has 0 bridgehead atoms. The van der Waals surface area contributed by atoms with Crippen LogP contribution < -0.4 is 11.1 Å². The molecule has 0 aliphatic heterocycles. The monoisotopic (exact) mass is 218 g/mol. The van der Waals surface area contributed by atoms with Gasteiger partial charge in [-0.2, -0.15) is 11.8 Å². The number of thioether (sulfide) groups is 1. The van der Waals surface area contributed by atoms with Crippen LogP contribution in [0.25, 0.3) is 0 Å². The van der Waals surface area contributed by atoms with Gasteiger partial charge in [0.25, 0.3) is 0 Å². The lowest BCUT2D eigenvalue weighted by atomic mass is 10.0. The highest BCUT2D eigenvalue weighted by atomic mass is 32.2.